The second-order valence-corrected chi connectivity index (χ2v) is 7.92. The summed E-state index contributed by atoms with van der Waals surface area (Å²) in [5, 5.41) is 22.4. The molecule has 0 radical (unpaired) electrons. The fraction of sp³-hybridized carbons (Fsp3) is 0.320. The van der Waals surface area contributed by atoms with Gasteiger partial charge in [-0.15, -0.1) is 0 Å². The molecule has 5 nitrogen and oxygen atoms in total. The van der Waals surface area contributed by atoms with Crippen molar-refractivity contribution >= 4 is 17.1 Å². The number of hydrogen-bond acceptors (Lipinski definition) is 5. The number of nitrogens with one attached hydrogen (secondary N) is 1. The Labute approximate surface area is 178 Å². The van der Waals surface area contributed by atoms with Crippen molar-refractivity contribution in [3.8, 4) is 0 Å². The molecule has 0 spiro atoms. The van der Waals surface area contributed by atoms with E-state index in [1.54, 1.807) is 18.5 Å². The Balaban J connectivity index is 1.47. The number of aliphatic hydroxyl groups is 2. The van der Waals surface area contributed by atoms with Crippen molar-refractivity contribution in [2.24, 2.45) is 0 Å². The first-order valence-electron chi connectivity index (χ1n) is 10.6. The normalized spacial score (nSPS) is 15.3. The lowest BCUT2D eigenvalue weighted by Crippen LogP contribution is -2.13. The molecule has 1 heterocycles. The molecule has 0 unspecified atom stereocenters. The molecular formula is C25H29N3O2. The minimum absolute atomic E-state index is 0.395. The lowest BCUT2D eigenvalue weighted by molar-refractivity contribution is -0.0419. The van der Waals surface area contributed by atoms with Crippen LogP contribution in [0.1, 0.15) is 47.8 Å². The van der Waals surface area contributed by atoms with Crippen LogP contribution in [0.5, 0.6) is 0 Å². The summed E-state index contributed by atoms with van der Waals surface area (Å²) in [5.74, 6) is 0.395. The van der Waals surface area contributed by atoms with Gasteiger partial charge in [0.05, 0.1) is 11.9 Å². The summed E-state index contributed by atoms with van der Waals surface area (Å²) in [7, 11) is 2.11. The van der Waals surface area contributed by atoms with Gasteiger partial charge in [0.15, 0.2) is 6.29 Å². The monoisotopic (exact) mass is 403 g/mol. The predicted molar refractivity (Wildman–Crippen MR) is 121 cm³/mol. The maximum Gasteiger partial charge on any atom is 0.180 e. The number of aryl methyl sites for hydroxylation is 2. The van der Waals surface area contributed by atoms with E-state index in [1.807, 2.05) is 0 Å². The van der Waals surface area contributed by atoms with Crippen LogP contribution in [0.2, 0.25) is 0 Å². The van der Waals surface area contributed by atoms with E-state index >= 15 is 0 Å². The molecule has 1 aliphatic carbocycles. The lowest BCUT2D eigenvalue weighted by Gasteiger charge is -2.21. The number of aromatic nitrogens is 1. The molecule has 0 aliphatic heterocycles. The van der Waals surface area contributed by atoms with Crippen molar-refractivity contribution in [1.82, 2.24) is 4.98 Å². The average molecular weight is 404 g/mol. The Morgan fingerprint density at radius 3 is 2.60 bits per heavy atom. The molecule has 30 heavy (non-hydrogen) atoms. The summed E-state index contributed by atoms with van der Waals surface area (Å²) in [5.41, 5.74) is 7.63. The molecule has 0 saturated carbocycles. The quantitative estimate of drug-likeness (QED) is 0.506. The van der Waals surface area contributed by atoms with Gasteiger partial charge in [-0.1, -0.05) is 25.1 Å². The first kappa shape index (κ1) is 20.4. The van der Waals surface area contributed by atoms with Crippen molar-refractivity contribution in [1.29, 1.82) is 0 Å². The van der Waals surface area contributed by atoms with E-state index in [9.17, 15) is 10.2 Å². The van der Waals surface area contributed by atoms with Crippen molar-refractivity contribution < 1.29 is 10.2 Å². The smallest absolute Gasteiger partial charge is 0.180 e. The van der Waals surface area contributed by atoms with Crippen molar-refractivity contribution in [3.05, 3.63) is 83.2 Å². The minimum Gasteiger partial charge on any atom is -0.383 e. The number of anilines is 3. The highest BCUT2D eigenvalue weighted by molar-refractivity contribution is 5.64. The summed E-state index contributed by atoms with van der Waals surface area (Å²) < 4.78 is 0. The number of fused-ring (bicyclic) bond motifs is 1. The number of benzene rings is 2. The third kappa shape index (κ3) is 4.18. The van der Waals surface area contributed by atoms with Gasteiger partial charge in [0.2, 0.25) is 0 Å². The summed E-state index contributed by atoms with van der Waals surface area (Å²) in [6, 6.07) is 17.1. The molecule has 0 saturated heterocycles. The van der Waals surface area contributed by atoms with Crippen LogP contribution < -0.4 is 10.2 Å². The summed E-state index contributed by atoms with van der Waals surface area (Å²) in [6.45, 7) is 2.91. The van der Waals surface area contributed by atoms with E-state index in [2.05, 4.69) is 71.6 Å². The van der Waals surface area contributed by atoms with Gasteiger partial charge in [-0.2, -0.15) is 0 Å². The molecule has 0 amide bonds. The second kappa shape index (κ2) is 8.86. The summed E-state index contributed by atoms with van der Waals surface area (Å²) in [6.07, 6.45) is 4.90. The zero-order chi connectivity index (χ0) is 21.1. The van der Waals surface area contributed by atoms with Crippen molar-refractivity contribution in [2.45, 2.75) is 38.4 Å². The minimum atomic E-state index is -1.50. The third-order valence-electron chi connectivity index (χ3n) is 6.12. The van der Waals surface area contributed by atoms with Gasteiger partial charge in [0.25, 0.3) is 0 Å². The third-order valence-corrected chi connectivity index (χ3v) is 6.12. The fourth-order valence-electron chi connectivity index (χ4n) is 4.23. The Hall–Kier alpha value is -2.89. The van der Waals surface area contributed by atoms with Crippen LogP contribution in [0.25, 0.3) is 0 Å². The van der Waals surface area contributed by atoms with Gasteiger partial charge in [0, 0.05) is 42.6 Å². The highest BCUT2D eigenvalue weighted by Crippen LogP contribution is 2.37. The summed E-state index contributed by atoms with van der Waals surface area (Å²) >= 11 is 0. The molecule has 0 bridgehead atoms. The number of hydrogen-bond donors (Lipinski definition) is 3. The Bertz CT molecular complexity index is 1000. The molecule has 0 fully saturated rings. The van der Waals surface area contributed by atoms with Gasteiger partial charge >= 0.3 is 0 Å². The van der Waals surface area contributed by atoms with Crippen LogP contribution in [0, 0.1) is 0 Å². The maximum absolute atomic E-state index is 9.54. The van der Waals surface area contributed by atoms with E-state index in [0.717, 1.165) is 25.8 Å². The largest absolute Gasteiger partial charge is 0.383 e. The van der Waals surface area contributed by atoms with E-state index in [0.29, 0.717) is 17.2 Å². The SMILES string of the molecule is CCc1ccc(N(C)c2ccc3c(c2)CC[C@H]3CNc2cnccc2C(O)O)cc1. The van der Waals surface area contributed by atoms with E-state index in [4.69, 9.17) is 0 Å². The number of rotatable bonds is 7. The highest BCUT2D eigenvalue weighted by atomic mass is 16.5. The van der Waals surface area contributed by atoms with Crippen LogP contribution >= 0.6 is 0 Å². The molecule has 3 aromatic rings. The molecule has 2 aromatic carbocycles. The summed E-state index contributed by atoms with van der Waals surface area (Å²) in [4.78, 5) is 6.33. The number of pyridine rings is 1. The van der Waals surface area contributed by atoms with Gasteiger partial charge in [-0.25, -0.2) is 0 Å². The second-order valence-electron chi connectivity index (χ2n) is 7.92. The van der Waals surface area contributed by atoms with Crippen LogP contribution in [0.15, 0.2) is 60.9 Å². The van der Waals surface area contributed by atoms with Crippen LogP contribution in [0.4, 0.5) is 17.1 Å². The van der Waals surface area contributed by atoms with Crippen molar-refractivity contribution in [2.75, 3.05) is 23.8 Å². The van der Waals surface area contributed by atoms with Gasteiger partial charge in [0.1, 0.15) is 0 Å². The molecule has 1 aromatic heterocycles. The Morgan fingerprint density at radius 1 is 1.10 bits per heavy atom. The van der Waals surface area contributed by atoms with Crippen molar-refractivity contribution in [3.63, 3.8) is 0 Å². The topological polar surface area (TPSA) is 68.6 Å². The molecule has 3 N–H and O–H groups in total. The molecule has 1 aliphatic rings. The first-order chi connectivity index (χ1) is 14.6. The van der Waals surface area contributed by atoms with Crippen LogP contribution in [-0.4, -0.2) is 28.8 Å². The fourth-order valence-corrected chi connectivity index (χ4v) is 4.23. The zero-order valence-electron chi connectivity index (χ0n) is 17.5. The van der Waals surface area contributed by atoms with E-state index in [1.165, 1.54) is 28.1 Å². The van der Waals surface area contributed by atoms with E-state index in [-0.39, 0.29) is 0 Å². The van der Waals surface area contributed by atoms with Crippen LogP contribution in [0.3, 0.4) is 0 Å². The molecular weight excluding hydrogens is 374 g/mol. The Kier molecular flexibility index (Phi) is 6.02. The number of aliphatic hydroxyl groups excluding tert-OH is 1. The molecule has 5 heteroatoms. The molecule has 156 valence electrons. The van der Waals surface area contributed by atoms with Gasteiger partial charge in [-0.3, -0.25) is 4.98 Å². The number of nitrogens with zero attached hydrogens (tertiary/aromatic N) is 2. The zero-order valence-corrected chi connectivity index (χ0v) is 17.5. The van der Waals surface area contributed by atoms with Gasteiger partial charge < -0.3 is 20.4 Å². The van der Waals surface area contributed by atoms with Gasteiger partial charge in [-0.05, 0) is 66.3 Å². The maximum atomic E-state index is 9.54. The standard InChI is InChI=1S/C25H29N3O2/c1-3-17-4-8-20(9-5-17)28(2)21-10-11-22-18(14-21)6-7-19(22)15-27-24-16-26-13-12-23(24)25(29)30/h4-5,8-14,16,19,25,27,29-30H,3,6-7,15H2,1-2H3/t19-/m0/s1. The predicted octanol–water partition coefficient (Wildman–Crippen LogP) is 4.54. The Morgan fingerprint density at radius 2 is 1.87 bits per heavy atom. The van der Waals surface area contributed by atoms with Crippen LogP contribution in [-0.2, 0) is 12.8 Å². The molecule has 4 rings (SSSR count). The molecule has 1 atom stereocenters. The average Bonchev–Trinajstić information content (AvgIpc) is 3.19. The lowest BCUT2D eigenvalue weighted by atomic mass is 10.0. The highest BCUT2D eigenvalue weighted by Gasteiger charge is 2.23. The first-order valence-corrected chi connectivity index (χ1v) is 10.6. The van der Waals surface area contributed by atoms with E-state index < -0.39 is 6.29 Å².